The van der Waals surface area contributed by atoms with Crippen LogP contribution in [0.25, 0.3) is 0 Å². The SMILES string of the molecule is CCCCCCSc1cccc(NC2CN(C)C(=O)N2c2nnc(C(F)(F)F)s2)c1. The Kier molecular flexibility index (Phi) is 7.45. The maximum atomic E-state index is 12.9. The number of nitrogens with one attached hydrogen (secondary N) is 1. The second-order valence-corrected chi connectivity index (χ2v) is 9.14. The number of rotatable bonds is 9. The van der Waals surface area contributed by atoms with E-state index in [-0.39, 0.29) is 5.13 Å². The minimum absolute atomic E-state index is 0.0735. The van der Waals surface area contributed by atoms with Crippen molar-refractivity contribution in [3.63, 3.8) is 0 Å². The van der Waals surface area contributed by atoms with Gasteiger partial charge in [0.25, 0.3) is 0 Å². The van der Waals surface area contributed by atoms with Crippen molar-refractivity contribution in [1.82, 2.24) is 15.1 Å². The first-order chi connectivity index (χ1) is 14.3. The summed E-state index contributed by atoms with van der Waals surface area (Å²) in [5.74, 6) is 1.03. The van der Waals surface area contributed by atoms with E-state index in [4.69, 9.17) is 0 Å². The topological polar surface area (TPSA) is 61.4 Å². The molecule has 1 aromatic heterocycles. The fourth-order valence-corrected chi connectivity index (χ4v) is 4.80. The van der Waals surface area contributed by atoms with Gasteiger partial charge in [-0.05, 0) is 30.4 Å². The quantitative estimate of drug-likeness (QED) is 0.394. The third-order valence-electron chi connectivity index (χ3n) is 4.59. The van der Waals surface area contributed by atoms with Gasteiger partial charge in [-0.25, -0.2) is 9.69 Å². The number of alkyl halides is 3. The normalized spacial score (nSPS) is 17.1. The van der Waals surface area contributed by atoms with E-state index in [0.717, 1.165) is 22.8 Å². The van der Waals surface area contributed by atoms with Crippen molar-refractivity contribution < 1.29 is 18.0 Å². The summed E-state index contributed by atoms with van der Waals surface area (Å²) in [5, 5.41) is 8.92. The van der Waals surface area contributed by atoms with E-state index in [1.54, 1.807) is 18.8 Å². The van der Waals surface area contributed by atoms with E-state index in [2.05, 4.69) is 22.4 Å². The van der Waals surface area contributed by atoms with E-state index >= 15 is 0 Å². The molecule has 1 N–H and O–H groups in total. The third-order valence-corrected chi connectivity index (χ3v) is 6.64. The standard InChI is InChI=1S/C19H24F3N5OS2/c1-3-4-5-6-10-29-14-9-7-8-13(11-14)23-15-12-26(2)18(28)27(15)17-25-24-16(30-17)19(20,21)22/h7-9,11,15,23H,3-6,10,12H2,1-2H3. The number of hydrogen-bond acceptors (Lipinski definition) is 6. The molecule has 30 heavy (non-hydrogen) atoms. The monoisotopic (exact) mass is 459 g/mol. The summed E-state index contributed by atoms with van der Waals surface area (Å²) >= 11 is 2.14. The highest BCUT2D eigenvalue weighted by molar-refractivity contribution is 7.99. The summed E-state index contributed by atoms with van der Waals surface area (Å²) in [6, 6.07) is 7.41. The van der Waals surface area contributed by atoms with E-state index in [1.807, 2.05) is 24.3 Å². The molecule has 0 aliphatic carbocycles. The number of amides is 2. The van der Waals surface area contributed by atoms with Crippen LogP contribution >= 0.6 is 23.1 Å². The number of halogens is 3. The summed E-state index contributed by atoms with van der Waals surface area (Å²) in [6.07, 6.45) is -0.312. The van der Waals surface area contributed by atoms with Gasteiger partial charge in [-0.3, -0.25) is 0 Å². The highest BCUT2D eigenvalue weighted by Crippen LogP contribution is 2.36. The molecule has 1 unspecified atom stereocenters. The highest BCUT2D eigenvalue weighted by Gasteiger charge is 2.41. The number of carbonyl (C=O) groups excluding carboxylic acids is 1. The molecule has 0 saturated carbocycles. The van der Waals surface area contributed by atoms with Crippen LogP contribution in [0.2, 0.25) is 0 Å². The number of nitrogens with zero attached hydrogens (tertiary/aromatic N) is 4. The van der Waals surface area contributed by atoms with Crippen molar-refractivity contribution in [3.05, 3.63) is 29.3 Å². The Bertz CT molecular complexity index is 861. The molecule has 1 fully saturated rings. The number of hydrogen-bond donors (Lipinski definition) is 1. The molecule has 6 nitrogen and oxygen atoms in total. The largest absolute Gasteiger partial charge is 0.445 e. The van der Waals surface area contributed by atoms with Gasteiger partial charge in [-0.2, -0.15) is 13.2 Å². The lowest BCUT2D eigenvalue weighted by atomic mass is 10.2. The Morgan fingerprint density at radius 2 is 2.07 bits per heavy atom. The second kappa shape index (κ2) is 9.86. The van der Waals surface area contributed by atoms with Crippen molar-refractivity contribution >= 4 is 39.9 Å². The fraction of sp³-hybridized carbons (Fsp3) is 0.526. The molecule has 11 heteroatoms. The average Bonchev–Trinajstić information content (AvgIpc) is 3.27. The number of anilines is 2. The minimum atomic E-state index is -4.59. The highest BCUT2D eigenvalue weighted by atomic mass is 32.2. The summed E-state index contributed by atoms with van der Waals surface area (Å²) in [4.78, 5) is 16.3. The maximum Gasteiger partial charge on any atom is 0.445 e. The Hall–Kier alpha value is -2.01. The Morgan fingerprint density at radius 1 is 1.27 bits per heavy atom. The molecule has 164 valence electrons. The molecule has 2 heterocycles. The molecular weight excluding hydrogens is 435 g/mol. The van der Waals surface area contributed by atoms with E-state index < -0.39 is 23.4 Å². The molecule has 1 aliphatic heterocycles. The van der Waals surface area contributed by atoms with E-state index in [1.165, 1.54) is 29.1 Å². The first-order valence-corrected chi connectivity index (χ1v) is 11.5. The minimum Gasteiger partial charge on any atom is -0.363 e. The Labute approximate surface area is 181 Å². The van der Waals surface area contributed by atoms with Crippen molar-refractivity contribution in [3.8, 4) is 0 Å². The zero-order chi connectivity index (χ0) is 21.7. The lowest BCUT2D eigenvalue weighted by Gasteiger charge is -2.22. The van der Waals surface area contributed by atoms with Crippen LogP contribution in [-0.2, 0) is 6.18 Å². The van der Waals surface area contributed by atoms with Crippen LogP contribution in [0.4, 0.5) is 28.8 Å². The summed E-state index contributed by atoms with van der Waals surface area (Å²) in [5.41, 5.74) is 0.798. The van der Waals surface area contributed by atoms with Crippen molar-refractivity contribution in [1.29, 1.82) is 0 Å². The van der Waals surface area contributed by atoms with Gasteiger partial charge in [-0.1, -0.05) is 43.6 Å². The van der Waals surface area contributed by atoms with Gasteiger partial charge in [-0.15, -0.1) is 22.0 Å². The molecule has 0 spiro atoms. The summed E-state index contributed by atoms with van der Waals surface area (Å²) in [6.45, 7) is 2.50. The van der Waals surface area contributed by atoms with Gasteiger partial charge in [0.15, 0.2) is 0 Å². The molecule has 1 saturated heterocycles. The van der Waals surface area contributed by atoms with Crippen LogP contribution in [-0.4, -0.2) is 46.6 Å². The van der Waals surface area contributed by atoms with Crippen molar-refractivity contribution in [2.24, 2.45) is 0 Å². The van der Waals surface area contributed by atoms with Gasteiger partial charge in [0, 0.05) is 17.6 Å². The summed E-state index contributed by atoms with van der Waals surface area (Å²) < 4.78 is 38.7. The van der Waals surface area contributed by atoms with Crippen LogP contribution in [0, 0.1) is 0 Å². The van der Waals surface area contributed by atoms with Crippen LogP contribution in [0.3, 0.4) is 0 Å². The van der Waals surface area contributed by atoms with E-state index in [9.17, 15) is 18.0 Å². The van der Waals surface area contributed by atoms with Crippen LogP contribution in [0.1, 0.15) is 37.6 Å². The number of urea groups is 1. The number of carbonyl (C=O) groups is 1. The van der Waals surface area contributed by atoms with Gasteiger partial charge in [0.05, 0.1) is 6.54 Å². The Balaban J connectivity index is 1.69. The fourth-order valence-electron chi connectivity index (χ4n) is 3.08. The third kappa shape index (κ3) is 5.57. The predicted molar refractivity (Wildman–Crippen MR) is 114 cm³/mol. The maximum absolute atomic E-state index is 12.9. The first-order valence-electron chi connectivity index (χ1n) is 9.74. The molecule has 1 atom stereocenters. The van der Waals surface area contributed by atoms with Gasteiger partial charge in [0.2, 0.25) is 10.1 Å². The molecule has 1 aromatic carbocycles. The Morgan fingerprint density at radius 3 is 2.77 bits per heavy atom. The van der Waals surface area contributed by atoms with Gasteiger partial charge in [0.1, 0.15) is 6.17 Å². The number of unbranched alkanes of at least 4 members (excludes halogenated alkanes) is 3. The van der Waals surface area contributed by atoms with Gasteiger partial charge < -0.3 is 10.2 Å². The zero-order valence-electron chi connectivity index (χ0n) is 16.8. The molecule has 0 bridgehead atoms. The lowest BCUT2D eigenvalue weighted by Crippen LogP contribution is -2.39. The first kappa shape index (κ1) is 22.7. The lowest BCUT2D eigenvalue weighted by molar-refractivity contribution is -0.138. The number of aromatic nitrogens is 2. The van der Waals surface area contributed by atoms with Crippen molar-refractivity contribution in [2.75, 3.05) is 29.6 Å². The molecule has 0 radical (unpaired) electrons. The number of thioether (sulfide) groups is 1. The van der Waals surface area contributed by atoms with Crippen LogP contribution in [0.5, 0.6) is 0 Å². The second-order valence-electron chi connectivity index (χ2n) is 7.02. The van der Waals surface area contributed by atoms with Crippen LogP contribution in [0.15, 0.2) is 29.2 Å². The zero-order valence-corrected chi connectivity index (χ0v) is 18.4. The summed E-state index contributed by atoms with van der Waals surface area (Å²) in [7, 11) is 1.60. The van der Waals surface area contributed by atoms with Crippen molar-refractivity contribution in [2.45, 2.75) is 49.8 Å². The number of benzene rings is 1. The van der Waals surface area contributed by atoms with E-state index in [0.29, 0.717) is 17.9 Å². The average molecular weight is 460 g/mol. The molecule has 2 aromatic rings. The molecule has 2 amide bonds. The molecular formula is C19H24F3N5OS2. The predicted octanol–water partition coefficient (Wildman–Crippen LogP) is 5.54. The van der Waals surface area contributed by atoms with Crippen LogP contribution < -0.4 is 10.2 Å². The molecule has 1 aliphatic rings. The van der Waals surface area contributed by atoms with Gasteiger partial charge >= 0.3 is 12.2 Å². The smallest absolute Gasteiger partial charge is 0.363 e. The molecule has 3 rings (SSSR count). The number of likely N-dealkylation sites (N-methyl/N-ethyl adjacent to an activating group) is 1.